The first-order chi connectivity index (χ1) is 6.48. The molecule has 1 unspecified atom stereocenters. The fourth-order valence-corrected chi connectivity index (χ4v) is 1.19. The Morgan fingerprint density at radius 1 is 1.36 bits per heavy atom. The van der Waals surface area contributed by atoms with E-state index in [4.69, 9.17) is 10.8 Å². The topological polar surface area (TPSA) is 80.4 Å². The molecule has 0 aliphatic carbocycles. The van der Waals surface area contributed by atoms with Crippen LogP contribution < -0.4 is 5.73 Å². The molecule has 0 fully saturated rings. The van der Waals surface area contributed by atoms with Gasteiger partial charge in [-0.05, 0) is 19.8 Å². The molecule has 0 heterocycles. The van der Waals surface area contributed by atoms with Gasteiger partial charge in [0.2, 0.25) is 0 Å². The zero-order valence-electron chi connectivity index (χ0n) is 8.66. The van der Waals surface area contributed by atoms with E-state index in [0.717, 1.165) is 25.5 Å². The number of carbonyl (C=O) groups excluding carboxylic acids is 1. The number of hydrogen-bond acceptors (Lipinski definition) is 3. The number of carbonyl (C=O) groups is 2. The second-order valence-electron chi connectivity index (χ2n) is 3.93. The Kier molecular flexibility index (Phi) is 6.12. The van der Waals surface area contributed by atoms with Gasteiger partial charge in [0.15, 0.2) is 0 Å². The SMILES string of the molecule is CC(N)(C=O)CCCCCCC(=O)O. The van der Waals surface area contributed by atoms with Gasteiger partial charge in [0, 0.05) is 6.42 Å². The summed E-state index contributed by atoms with van der Waals surface area (Å²) in [5.74, 6) is -0.749. The lowest BCUT2D eigenvalue weighted by atomic mass is 9.97. The third kappa shape index (κ3) is 7.73. The number of carboxylic acid groups (broad SMARTS) is 1. The van der Waals surface area contributed by atoms with Crippen molar-refractivity contribution in [1.82, 2.24) is 0 Å². The maximum Gasteiger partial charge on any atom is 0.303 e. The Morgan fingerprint density at radius 3 is 2.43 bits per heavy atom. The normalized spacial score (nSPS) is 14.7. The van der Waals surface area contributed by atoms with Crippen LogP contribution in [0.5, 0.6) is 0 Å². The number of nitrogens with two attached hydrogens (primary N) is 1. The maximum absolute atomic E-state index is 10.4. The Morgan fingerprint density at radius 2 is 1.93 bits per heavy atom. The molecule has 4 heteroatoms. The van der Waals surface area contributed by atoms with Crippen molar-refractivity contribution in [2.24, 2.45) is 5.73 Å². The third-order valence-electron chi connectivity index (χ3n) is 2.13. The highest BCUT2D eigenvalue weighted by Crippen LogP contribution is 2.11. The van der Waals surface area contributed by atoms with Crippen LogP contribution in [-0.2, 0) is 9.59 Å². The highest BCUT2D eigenvalue weighted by Gasteiger charge is 2.15. The lowest BCUT2D eigenvalue weighted by Gasteiger charge is -2.15. The summed E-state index contributed by atoms with van der Waals surface area (Å²) in [4.78, 5) is 20.6. The Bertz CT molecular complexity index is 190. The van der Waals surface area contributed by atoms with Crippen molar-refractivity contribution in [1.29, 1.82) is 0 Å². The third-order valence-corrected chi connectivity index (χ3v) is 2.13. The molecule has 0 radical (unpaired) electrons. The second-order valence-corrected chi connectivity index (χ2v) is 3.93. The molecule has 0 saturated heterocycles. The van der Waals surface area contributed by atoms with Gasteiger partial charge in [0.25, 0.3) is 0 Å². The lowest BCUT2D eigenvalue weighted by molar-refractivity contribution is -0.137. The minimum Gasteiger partial charge on any atom is -0.481 e. The fourth-order valence-electron chi connectivity index (χ4n) is 1.19. The Balaban J connectivity index is 3.30. The van der Waals surface area contributed by atoms with E-state index < -0.39 is 11.5 Å². The van der Waals surface area contributed by atoms with Crippen LogP contribution in [0.1, 0.15) is 45.4 Å². The first-order valence-corrected chi connectivity index (χ1v) is 4.95. The molecule has 0 aliphatic heterocycles. The fraction of sp³-hybridized carbons (Fsp3) is 0.800. The summed E-state index contributed by atoms with van der Waals surface area (Å²) < 4.78 is 0. The minimum absolute atomic E-state index is 0.230. The molecule has 4 nitrogen and oxygen atoms in total. The molecule has 0 rings (SSSR count). The minimum atomic E-state index is -0.749. The lowest BCUT2D eigenvalue weighted by Crippen LogP contribution is -2.37. The average Bonchev–Trinajstić information content (AvgIpc) is 2.10. The summed E-state index contributed by atoms with van der Waals surface area (Å²) in [6.45, 7) is 1.71. The number of carboxylic acids is 1. The van der Waals surface area contributed by atoms with E-state index in [1.54, 1.807) is 6.92 Å². The van der Waals surface area contributed by atoms with Crippen LogP contribution in [0.25, 0.3) is 0 Å². The summed E-state index contributed by atoms with van der Waals surface area (Å²) in [6, 6.07) is 0. The van der Waals surface area contributed by atoms with E-state index in [9.17, 15) is 9.59 Å². The second kappa shape index (κ2) is 6.54. The van der Waals surface area contributed by atoms with Gasteiger partial charge in [-0.2, -0.15) is 0 Å². The van der Waals surface area contributed by atoms with Crippen LogP contribution in [0.3, 0.4) is 0 Å². The van der Waals surface area contributed by atoms with Crippen LogP contribution >= 0.6 is 0 Å². The molecule has 0 aromatic carbocycles. The van der Waals surface area contributed by atoms with Crippen LogP contribution in [0.2, 0.25) is 0 Å². The van der Waals surface area contributed by atoms with E-state index in [1.165, 1.54) is 0 Å². The van der Waals surface area contributed by atoms with E-state index in [-0.39, 0.29) is 6.42 Å². The van der Waals surface area contributed by atoms with E-state index in [1.807, 2.05) is 0 Å². The summed E-state index contributed by atoms with van der Waals surface area (Å²) >= 11 is 0. The molecule has 14 heavy (non-hydrogen) atoms. The molecule has 0 saturated carbocycles. The van der Waals surface area contributed by atoms with Gasteiger partial charge in [-0.25, -0.2) is 0 Å². The summed E-state index contributed by atoms with van der Waals surface area (Å²) in [7, 11) is 0. The van der Waals surface area contributed by atoms with Crippen molar-refractivity contribution in [2.45, 2.75) is 51.0 Å². The molecule has 1 atom stereocenters. The first-order valence-electron chi connectivity index (χ1n) is 4.95. The molecule has 0 aromatic heterocycles. The first kappa shape index (κ1) is 13.1. The molecule has 3 N–H and O–H groups in total. The number of rotatable bonds is 8. The van der Waals surface area contributed by atoms with Crippen molar-refractivity contribution in [3.05, 3.63) is 0 Å². The highest BCUT2D eigenvalue weighted by atomic mass is 16.4. The highest BCUT2D eigenvalue weighted by molar-refractivity contribution is 5.66. The predicted octanol–water partition coefficient (Wildman–Crippen LogP) is 1.33. The monoisotopic (exact) mass is 201 g/mol. The van der Waals surface area contributed by atoms with Crippen molar-refractivity contribution in [2.75, 3.05) is 0 Å². The van der Waals surface area contributed by atoms with Crippen LogP contribution in [-0.4, -0.2) is 22.9 Å². The van der Waals surface area contributed by atoms with Crippen LogP contribution in [0.4, 0.5) is 0 Å². The van der Waals surface area contributed by atoms with Gasteiger partial charge in [-0.3, -0.25) is 4.79 Å². The Hall–Kier alpha value is -0.900. The van der Waals surface area contributed by atoms with E-state index in [0.29, 0.717) is 12.8 Å². The average molecular weight is 201 g/mol. The van der Waals surface area contributed by atoms with Crippen LogP contribution in [0.15, 0.2) is 0 Å². The number of unbranched alkanes of at least 4 members (excludes halogenated alkanes) is 3. The van der Waals surface area contributed by atoms with E-state index in [2.05, 4.69) is 0 Å². The van der Waals surface area contributed by atoms with Gasteiger partial charge < -0.3 is 15.6 Å². The van der Waals surface area contributed by atoms with Crippen molar-refractivity contribution in [3.8, 4) is 0 Å². The summed E-state index contributed by atoms with van der Waals surface area (Å²) in [6.07, 6.45) is 5.08. The maximum atomic E-state index is 10.4. The quantitative estimate of drug-likeness (QED) is 0.458. The van der Waals surface area contributed by atoms with Crippen molar-refractivity contribution in [3.63, 3.8) is 0 Å². The largest absolute Gasteiger partial charge is 0.481 e. The smallest absolute Gasteiger partial charge is 0.303 e. The zero-order valence-corrected chi connectivity index (χ0v) is 8.66. The molecular weight excluding hydrogens is 182 g/mol. The standard InChI is InChI=1S/C10H19NO3/c1-10(11,8-12)7-5-3-2-4-6-9(13)14/h8H,2-7,11H2,1H3,(H,13,14). The van der Waals surface area contributed by atoms with Gasteiger partial charge in [-0.15, -0.1) is 0 Å². The summed E-state index contributed by atoms with van der Waals surface area (Å²) in [5.41, 5.74) is 4.90. The predicted molar refractivity (Wildman–Crippen MR) is 54.0 cm³/mol. The molecule has 0 amide bonds. The molecule has 0 bridgehead atoms. The number of hydrogen-bond donors (Lipinski definition) is 2. The van der Waals surface area contributed by atoms with Crippen molar-refractivity contribution < 1.29 is 14.7 Å². The van der Waals surface area contributed by atoms with Crippen molar-refractivity contribution >= 4 is 12.3 Å². The van der Waals surface area contributed by atoms with Crippen LogP contribution in [0, 0.1) is 0 Å². The van der Waals surface area contributed by atoms with Gasteiger partial charge >= 0.3 is 5.97 Å². The van der Waals surface area contributed by atoms with Gasteiger partial charge in [0.05, 0.1) is 5.54 Å². The molecule has 0 aliphatic rings. The molecular formula is C10H19NO3. The Labute approximate surface area is 84.5 Å². The summed E-state index contributed by atoms with van der Waals surface area (Å²) in [5, 5.41) is 8.37. The molecule has 0 aromatic rings. The van der Waals surface area contributed by atoms with Gasteiger partial charge in [0.1, 0.15) is 6.29 Å². The zero-order chi connectivity index (χ0) is 11.0. The van der Waals surface area contributed by atoms with E-state index >= 15 is 0 Å². The molecule has 82 valence electrons. The molecule has 0 spiro atoms. The number of aldehydes is 1. The van der Waals surface area contributed by atoms with Gasteiger partial charge in [-0.1, -0.05) is 19.3 Å². The number of aliphatic carboxylic acids is 1.